The van der Waals surface area contributed by atoms with Gasteiger partial charge in [0.25, 0.3) is 0 Å². The summed E-state index contributed by atoms with van der Waals surface area (Å²) in [5.74, 6) is 0.795. The molecule has 0 spiro atoms. The molecule has 0 radical (unpaired) electrons. The molecule has 50 heavy (non-hydrogen) atoms. The second-order valence-electron chi connectivity index (χ2n) is 11.2. The predicted octanol–water partition coefficient (Wildman–Crippen LogP) is 12.1. The first-order valence-electron chi connectivity index (χ1n) is 15.5. The van der Waals surface area contributed by atoms with E-state index >= 15 is 0 Å². The van der Waals surface area contributed by atoms with Gasteiger partial charge in [0.15, 0.2) is 0 Å². The van der Waals surface area contributed by atoms with Crippen molar-refractivity contribution < 1.29 is 0 Å². The van der Waals surface area contributed by atoms with E-state index in [9.17, 15) is 10.5 Å². The summed E-state index contributed by atoms with van der Waals surface area (Å²) in [6.45, 7) is 2.09. The van der Waals surface area contributed by atoms with Crippen LogP contribution in [0, 0.1) is 22.7 Å². The summed E-state index contributed by atoms with van der Waals surface area (Å²) in [4.78, 5) is 16.9. The molecule has 3 aromatic carbocycles. The number of aromatic amines is 2. The second-order valence-corrected chi connectivity index (χ2v) is 15.3. The molecular weight excluding hydrogens is 836 g/mol. The van der Waals surface area contributed by atoms with Gasteiger partial charge in [-0.1, -0.05) is 66.8 Å². The summed E-state index contributed by atoms with van der Waals surface area (Å²) < 4.78 is 2.68. The van der Waals surface area contributed by atoms with Gasteiger partial charge in [0.05, 0.1) is 11.1 Å². The van der Waals surface area contributed by atoms with Crippen LogP contribution in [0.2, 0.25) is 0 Å². The molecule has 242 valence electrons. The minimum absolute atomic E-state index is 0.388. The Morgan fingerprint density at radius 1 is 0.680 bits per heavy atom. The molecule has 0 aliphatic carbocycles. The Kier molecular flexibility index (Phi) is 9.89. The SMILES string of the molecule is CCSc1ccncc1C(/C(=C(/C#N)c1c[nH]c2ccc(Br)cc12)c1cnccc1-c1cccc(Br)c1)=C(\C#N)c1c[nH]c2ccc(Br)cc12. The number of hydrogen-bond donors (Lipinski definition) is 2. The molecule has 0 atom stereocenters. The molecule has 2 N–H and O–H groups in total. The summed E-state index contributed by atoms with van der Waals surface area (Å²) >= 11 is 12.6. The van der Waals surface area contributed by atoms with Gasteiger partial charge in [0.2, 0.25) is 0 Å². The average molecular weight is 861 g/mol. The van der Waals surface area contributed by atoms with Gasteiger partial charge < -0.3 is 9.97 Å². The lowest BCUT2D eigenvalue weighted by Gasteiger charge is -2.22. The third kappa shape index (κ3) is 6.36. The fourth-order valence-corrected chi connectivity index (χ4v) is 8.14. The van der Waals surface area contributed by atoms with Gasteiger partial charge in [-0.15, -0.1) is 11.8 Å². The third-order valence-electron chi connectivity index (χ3n) is 8.38. The Morgan fingerprint density at radius 3 is 1.82 bits per heavy atom. The number of thioether (sulfide) groups is 1. The Bertz CT molecular complexity index is 2580. The maximum Gasteiger partial charge on any atom is 0.101 e. The van der Waals surface area contributed by atoms with E-state index in [1.54, 1.807) is 36.5 Å². The first-order valence-corrected chi connectivity index (χ1v) is 18.9. The first kappa shape index (κ1) is 33.8. The highest BCUT2D eigenvalue weighted by Crippen LogP contribution is 2.48. The lowest BCUT2D eigenvalue weighted by atomic mass is 9.81. The lowest BCUT2D eigenvalue weighted by Crippen LogP contribution is -2.03. The minimum atomic E-state index is 0.388. The summed E-state index contributed by atoms with van der Waals surface area (Å²) in [6, 6.07) is 29.0. The second kappa shape index (κ2) is 14.6. The van der Waals surface area contributed by atoms with Crippen molar-refractivity contribution in [3.63, 3.8) is 0 Å². The van der Waals surface area contributed by atoms with Crippen LogP contribution in [0.5, 0.6) is 0 Å². The Balaban J connectivity index is 1.72. The molecule has 7 aromatic rings. The van der Waals surface area contributed by atoms with E-state index in [0.717, 1.165) is 62.6 Å². The first-order chi connectivity index (χ1) is 24.4. The average Bonchev–Trinajstić information content (AvgIpc) is 3.74. The number of aromatic nitrogens is 4. The van der Waals surface area contributed by atoms with Crippen molar-refractivity contribution in [1.82, 2.24) is 19.9 Å². The summed E-state index contributed by atoms with van der Waals surface area (Å²) in [7, 11) is 0. The van der Waals surface area contributed by atoms with Gasteiger partial charge in [0.1, 0.15) is 12.1 Å². The van der Waals surface area contributed by atoms with Crippen molar-refractivity contribution in [2.75, 3.05) is 5.75 Å². The van der Waals surface area contributed by atoms with Crippen molar-refractivity contribution >= 4 is 104 Å². The number of nitriles is 2. The van der Waals surface area contributed by atoms with Crippen molar-refractivity contribution in [2.45, 2.75) is 11.8 Å². The highest BCUT2D eigenvalue weighted by molar-refractivity contribution is 9.11. The maximum absolute atomic E-state index is 11.3. The molecule has 4 heterocycles. The van der Waals surface area contributed by atoms with Crippen molar-refractivity contribution in [1.29, 1.82) is 10.5 Å². The van der Waals surface area contributed by atoms with Crippen molar-refractivity contribution in [2.24, 2.45) is 0 Å². The van der Waals surface area contributed by atoms with E-state index < -0.39 is 0 Å². The van der Waals surface area contributed by atoms with E-state index in [4.69, 9.17) is 0 Å². The molecule has 0 amide bonds. The number of nitrogens with one attached hydrogen (secondary N) is 2. The monoisotopic (exact) mass is 858 g/mol. The van der Waals surface area contributed by atoms with Crippen LogP contribution in [-0.4, -0.2) is 25.7 Å². The zero-order valence-corrected chi connectivity index (χ0v) is 32.0. The van der Waals surface area contributed by atoms with Crippen LogP contribution in [-0.2, 0) is 0 Å². The van der Waals surface area contributed by atoms with Gasteiger partial charge in [-0.25, -0.2) is 0 Å². The third-order valence-corrected chi connectivity index (χ3v) is 10.8. The van der Waals surface area contributed by atoms with Crippen LogP contribution < -0.4 is 0 Å². The molecule has 0 aliphatic rings. The van der Waals surface area contributed by atoms with Gasteiger partial charge in [-0.3, -0.25) is 9.97 Å². The number of rotatable bonds is 8. The minimum Gasteiger partial charge on any atom is -0.361 e. The number of benzene rings is 3. The fourth-order valence-electron chi connectivity index (χ4n) is 6.24. The molecule has 4 aromatic heterocycles. The van der Waals surface area contributed by atoms with Crippen LogP contribution in [0.25, 0.3) is 55.2 Å². The molecular formula is C40H25Br3N6S. The molecule has 0 fully saturated rings. The van der Waals surface area contributed by atoms with Crippen molar-refractivity contribution in [3.05, 3.63) is 146 Å². The summed E-state index contributed by atoms with van der Waals surface area (Å²) in [5.41, 5.74) is 8.34. The largest absolute Gasteiger partial charge is 0.361 e. The van der Waals surface area contributed by atoms with Crippen LogP contribution in [0.1, 0.15) is 29.2 Å². The van der Waals surface area contributed by atoms with E-state index in [2.05, 4.69) is 86.8 Å². The van der Waals surface area contributed by atoms with Gasteiger partial charge in [0, 0.05) is 111 Å². The zero-order valence-electron chi connectivity index (χ0n) is 26.4. The fraction of sp³-hybridized carbons (Fsp3) is 0.0500. The molecule has 0 aliphatic heterocycles. The van der Waals surface area contributed by atoms with Crippen LogP contribution >= 0.6 is 59.6 Å². The molecule has 0 unspecified atom stereocenters. The lowest BCUT2D eigenvalue weighted by molar-refractivity contribution is 1.23. The molecule has 0 bridgehead atoms. The van der Waals surface area contributed by atoms with E-state index in [1.807, 2.05) is 85.2 Å². The quantitative estimate of drug-likeness (QED) is 0.0899. The highest BCUT2D eigenvalue weighted by Gasteiger charge is 2.28. The number of allylic oxidation sites excluding steroid dienone is 4. The number of fused-ring (bicyclic) bond motifs is 2. The molecule has 0 saturated heterocycles. The Hall–Kier alpha value is -4.71. The number of pyridine rings is 2. The van der Waals surface area contributed by atoms with Crippen LogP contribution in [0.3, 0.4) is 0 Å². The number of nitrogens with zero attached hydrogens (tertiary/aromatic N) is 4. The molecule has 10 heteroatoms. The van der Waals surface area contributed by atoms with E-state index in [0.29, 0.717) is 39.0 Å². The van der Waals surface area contributed by atoms with Crippen molar-refractivity contribution in [3.8, 4) is 23.3 Å². The van der Waals surface area contributed by atoms with Crippen LogP contribution in [0.15, 0.2) is 128 Å². The normalized spacial score (nSPS) is 12.4. The molecule has 7 rings (SSSR count). The number of H-pyrrole nitrogens is 2. The van der Waals surface area contributed by atoms with Gasteiger partial charge in [-0.2, -0.15) is 10.5 Å². The predicted molar refractivity (Wildman–Crippen MR) is 215 cm³/mol. The summed E-state index contributed by atoms with van der Waals surface area (Å²) in [6.07, 6.45) is 10.8. The molecule has 6 nitrogen and oxygen atoms in total. The van der Waals surface area contributed by atoms with E-state index in [-0.39, 0.29) is 0 Å². The van der Waals surface area contributed by atoms with E-state index in [1.165, 1.54) is 0 Å². The van der Waals surface area contributed by atoms with Crippen LogP contribution in [0.4, 0.5) is 0 Å². The molecule has 0 saturated carbocycles. The smallest absolute Gasteiger partial charge is 0.101 e. The van der Waals surface area contributed by atoms with Gasteiger partial charge in [-0.05, 0) is 77.5 Å². The Morgan fingerprint density at radius 2 is 1.24 bits per heavy atom. The summed E-state index contributed by atoms with van der Waals surface area (Å²) in [5, 5.41) is 24.4. The number of halogens is 3. The zero-order chi connectivity index (χ0) is 34.8. The van der Waals surface area contributed by atoms with Gasteiger partial charge >= 0.3 is 0 Å². The standard InChI is InChI=1S/C40H25Br3N6S/c1-2-50-38-11-13-47-20-35(38)40(31(18-45)33-22-49-37-9-7-26(43)16-29(33)37)39(30(17-44)32-21-48-36-8-6-25(42)15-28(32)36)34-19-46-12-10-27(34)23-4-3-5-24(41)14-23/h3-16,19-22,48-49H,2H2,1H3/b39-30-,40-31-. The maximum atomic E-state index is 11.3. The highest BCUT2D eigenvalue weighted by atomic mass is 79.9. The topological polar surface area (TPSA) is 105 Å². The Labute approximate surface area is 318 Å². The number of hydrogen-bond acceptors (Lipinski definition) is 5.